The van der Waals surface area contributed by atoms with Crippen LogP contribution in [-0.4, -0.2) is 49.2 Å². The molecular formula is C40H29B5N2S2. The number of thiophene rings is 2. The van der Waals surface area contributed by atoms with Gasteiger partial charge in [-0.05, 0) is 23.8 Å². The average Bonchev–Trinajstić information content (AvgIpc) is 3.72. The smallest absolute Gasteiger partial charge is 0.161 e. The minimum Gasteiger partial charge on any atom is -0.228 e. The Kier molecular flexibility index (Phi) is 7.19. The molecule has 0 amide bonds. The van der Waals surface area contributed by atoms with Crippen molar-refractivity contribution < 1.29 is 0 Å². The van der Waals surface area contributed by atoms with Crippen LogP contribution in [0.3, 0.4) is 0 Å². The van der Waals surface area contributed by atoms with Gasteiger partial charge in [0.1, 0.15) is 39.2 Å². The van der Waals surface area contributed by atoms with Crippen molar-refractivity contribution in [2.75, 3.05) is 0 Å². The highest BCUT2D eigenvalue weighted by atomic mass is 32.1. The third-order valence-corrected chi connectivity index (χ3v) is 12.9. The number of hydrogen-bond donors (Lipinski definition) is 0. The molecule has 0 unspecified atom stereocenters. The van der Waals surface area contributed by atoms with Crippen LogP contribution in [-0.2, 0) is 0 Å². The van der Waals surface area contributed by atoms with Gasteiger partial charge in [0.25, 0.3) is 0 Å². The first-order valence-corrected chi connectivity index (χ1v) is 18.4. The van der Waals surface area contributed by atoms with E-state index < -0.39 is 0 Å². The Morgan fingerprint density at radius 1 is 0.429 bits per heavy atom. The van der Waals surface area contributed by atoms with Crippen LogP contribution in [0.5, 0.6) is 0 Å². The van der Waals surface area contributed by atoms with E-state index >= 15 is 0 Å². The van der Waals surface area contributed by atoms with Crippen molar-refractivity contribution in [3.8, 4) is 45.0 Å². The van der Waals surface area contributed by atoms with Crippen LogP contribution >= 0.6 is 22.7 Å². The molecule has 0 atom stereocenters. The van der Waals surface area contributed by atoms with Crippen LogP contribution in [0.25, 0.3) is 85.4 Å². The number of hydrogen-bond acceptors (Lipinski definition) is 4. The van der Waals surface area contributed by atoms with Crippen LogP contribution in [0.2, 0.25) is 0 Å². The van der Waals surface area contributed by atoms with Crippen molar-refractivity contribution in [3.63, 3.8) is 0 Å². The van der Waals surface area contributed by atoms with Gasteiger partial charge in [-0.1, -0.05) is 108 Å². The number of rotatable bonds is 4. The predicted molar refractivity (Wildman–Crippen MR) is 230 cm³/mol. The quantitative estimate of drug-likeness (QED) is 0.273. The second kappa shape index (κ2) is 11.6. The van der Waals surface area contributed by atoms with E-state index in [0.29, 0.717) is 0 Å². The minimum absolute atomic E-state index is 0.758. The number of nitrogens with zero attached hydrogens (tertiary/aromatic N) is 2. The molecule has 9 heteroatoms. The van der Waals surface area contributed by atoms with Crippen molar-refractivity contribution in [1.82, 2.24) is 9.97 Å². The SMILES string of the molecule is Bc1c(B)c(B)c(-c2cc(-c3ccccc3)nc(-c3cccc4sc5c(-c6cccc7c6sc6ccccc67)cccc5c34)n2)c(B)c1B. The Balaban J connectivity index is 1.31. The van der Waals surface area contributed by atoms with E-state index in [-0.39, 0.29) is 0 Å². The molecule has 0 radical (unpaired) electrons. The lowest BCUT2D eigenvalue weighted by atomic mass is 9.60. The molecule has 3 heterocycles. The van der Waals surface area contributed by atoms with Crippen LogP contribution < -0.4 is 27.3 Å². The Morgan fingerprint density at radius 3 is 1.71 bits per heavy atom. The summed E-state index contributed by atoms with van der Waals surface area (Å²) >= 11 is 3.76. The topological polar surface area (TPSA) is 25.8 Å². The highest BCUT2D eigenvalue weighted by Crippen LogP contribution is 2.46. The van der Waals surface area contributed by atoms with Crippen molar-refractivity contribution in [1.29, 1.82) is 0 Å². The van der Waals surface area contributed by atoms with Gasteiger partial charge in [0, 0.05) is 62.6 Å². The first kappa shape index (κ1) is 30.2. The van der Waals surface area contributed by atoms with E-state index in [9.17, 15) is 0 Å². The molecule has 3 aromatic heterocycles. The molecule has 9 rings (SSSR count). The first-order chi connectivity index (χ1) is 23.9. The molecule has 6 aromatic carbocycles. The van der Waals surface area contributed by atoms with Crippen molar-refractivity contribution in [3.05, 3.63) is 115 Å². The van der Waals surface area contributed by atoms with Crippen molar-refractivity contribution in [2.24, 2.45) is 0 Å². The molecule has 0 aliphatic heterocycles. The van der Waals surface area contributed by atoms with Crippen LogP contribution in [0.15, 0.2) is 115 Å². The summed E-state index contributed by atoms with van der Waals surface area (Å²) < 4.78 is 5.21. The Hall–Kier alpha value is -4.84. The molecule has 0 fully saturated rings. The lowest BCUT2D eigenvalue weighted by Gasteiger charge is -2.20. The highest BCUT2D eigenvalue weighted by Gasteiger charge is 2.21. The van der Waals surface area contributed by atoms with E-state index in [1.54, 1.807) is 0 Å². The molecule has 0 saturated carbocycles. The molecule has 0 spiro atoms. The van der Waals surface area contributed by atoms with E-state index in [0.717, 1.165) is 28.3 Å². The van der Waals surface area contributed by atoms with E-state index in [1.807, 2.05) is 22.7 Å². The zero-order valence-corrected chi connectivity index (χ0v) is 29.8. The fourth-order valence-corrected chi connectivity index (χ4v) is 10.0. The lowest BCUT2D eigenvalue weighted by molar-refractivity contribution is 1.19. The van der Waals surface area contributed by atoms with Crippen LogP contribution in [0.4, 0.5) is 0 Å². The number of benzene rings is 6. The van der Waals surface area contributed by atoms with Crippen LogP contribution in [0.1, 0.15) is 0 Å². The molecule has 226 valence electrons. The third kappa shape index (κ3) is 4.74. The monoisotopic (exact) mass is 656 g/mol. The average molecular weight is 656 g/mol. The summed E-state index contributed by atoms with van der Waals surface area (Å²) in [6, 6.07) is 41.6. The minimum atomic E-state index is 0.758. The standard InChI is InChI=1S/C40H29B5N2S2/c41-33-32(34(42)36(44)37(45)35(33)43)28-19-27(20-9-2-1-3-10-20)46-40(47-28)26-16-8-18-30-31(26)25-15-7-14-24(39(25)49-30)23-13-6-12-22-21-11-4-5-17-29(21)48-38(22)23/h1-19H,41-45H2. The van der Waals surface area contributed by atoms with Crippen molar-refractivity contribution in [2.45, 2.75) is 0 Å². The second-order valence-corrected chi connectivity index (χ2v) is 15.2. The number of aromatic nitrogens is 2. The lowest BCUT2D eigenvalue weighted by Crippen LogP contribution is -2.55. The van der Waals surface area contributed by atoms with Gasteiger partial charge in [0.15, 0.2) is 5.82 Å². The Labute approximate surface area is 298 Å². The van der Waals surface area contributed by atoms with E-state index in [4.69, 9.17) is 9.97 Å². The molecule has 0 N–H and O–H groups in total. The van der Waals surface area contributed by atoms with Gasteiger partial charge in [0.2, 0.25) is 0 Å². The molecule has 9 aromatic rings. The van der Waals surface area contributed by atoms with Gasteiger partial charge in [0.05, 0.1) is 11.4 Å². The second-order valence-electron chi connectivity index (χ2n) is 13.1. The summed E-state index contributed by atoms with van der Waals surface area (Å²) in [6.45, 7) is 0. The normalized spacial score (nSPS) is 11.7. The Bertz CT molecular complexity index is 2760. The molecular weight excluding hydrogens is 627 g/mol. The molecule has 0 aliphatic rings. The summed E-state index contributed by atoms with van der Waals surface area (Å²) in [6.07, 6.45) is 0. The van der Waals surface area contributed by atoms with Gasteiger partial charge >= 0.3 is 0 Å². The van der Waals surface area contributed by atoms with Crippen LogP contribution in [0, 0.1) is 0 Å². The van der Waals surface area contributed by atoms with Gasteiger partial charge in [-0.3, -0.25) is 0 Å². The maximum atomic E-state index is 5.41. The molecule has 49 heavy (non-hydrogen) atoms. The fourth-order valence-electron chi connectivity index (χ4n) is 7.54. The Morgan fingerprint density at radius 2 is 0.959 bits per heavy atom. The van der Waals surface area contributed by atoms with Gasteiger partial charge in [-0.2, -0.15) is 0 Å². The fraction of sp³-hybridized carbons (Fsp3) is 0. The zero-order valence-electron chi connectivity index (χ0n) is 28.2. The summed E-state index contributed by atoms with van der Waals surface area (Å²) in [5.74, 6) is 0.758. The predicted octanol–water partition coefficient (Wildman–Crippen LogP) is 3.17. The maximum Gasteiger partial charge on any atom is 0.161 e. The van der Waals surface area contributed by atoms with Gasteiger partial charge in [-0.25, -0.2) is 9.97 Å². The van der Waals surface area contributed by atoms with Gasteiger partial charge in [-0.15, -0.1) is 39.1 Å². The summed E-state index contributed by atoms with van der Waals surface area (Å²) in [7, 11) is 11.2. The maximum absolute atomic E-state index is 5.41. The van der Waals surface area contributed by atoms with Crippen molar-refractivity contribution >= 4 is 130 Å². The third-order valence-electron chi connectivity index (χ3n) is 10.5. The molecule has 0 aliphatic carbocycles. The molecule has 0 bridgehead atoms. The summed E-state index contributed by atoms with van der Waals surface area (Å²) in [5, 5.41) is 5.11. The largest absolute Gasteiger partial charge is 0.228 e. The van der Waals surface area contributed by atoms with E-state index in [1.165, 1.54) is 84.3 Å². The van der Waals surface area contributed by atoms with E-state index in [2.05, 4.69) is 154 Å². The first-order valence-electron chi connectivity index (χ1n) is 16.8. The molecule has 0 saturated heterocycles. The van der Waals surface area contributed by atoms with Gasteiger partial charge < -0.3 is 0 Å². The highest BCUT2D eigenvalue weighted by molar-refractivity contribution is 7.27. The summed E-state index contributed by atoms with van der Waals surface area (Å²) in [4.78, 5) is 10.7. The summed E-state index contributed by atoms with van der Waals surface area (Å²) in [5.41, 5.74) is 14.4. The number of fused-ring (bicyclic) bond motifs is 6. The zero-order chi connectivity index (χ0) is 33.4. The molecule has 2 nitrogen and oxygen atoms in total.